The molecule has 8 heteroatoms. The Hall–Kier alpha value is -3.23. The number of H-pyrrole nitrogens is 2. The van der Waals surface area contributed by atoms with E-state index in [2.05, 4.69) is 19.6 Å². The summed E-state index contributed by atoms with van der Waals surface area (Å²) >= 11 is 0. The van der Waals surface area contributed by atoms with Gasteiger partial charge >= 0.3 is 5.76 Å². The van der Waals surface area contributed by atoms with Crippen LogP contribution in [-0.4, -0.2) is 33.4 Å². The van der Waals surface area contributed by atoms with Gasteiger partial charge in [-0.3, -0.25) is 9.51 Å². The van der Waals surface area contributed by atoms with Crippen molar-refractivity contribution in [3.63, 3.8) is 0 Å². The maximum Gasteiger partial charge on any atom is 0.439 e. The molecule has 136 valence electrons. The second kappa shape index (κ2) is 5.63. The third-order valence-electron chi connectivity index (χ3n) is 4.88. The Balaban J connectivity index is 1.60. The quantitative estimate of drug-likeness (QED) is 0.516. The van der Waals surface area contributed by atoms with Crippen molar-refractivity contribution in [3.8, 4) is 22.5 Å². The van der Waals surface area contributed by atoms with Crippen LogP contribution in [0.15, 0.2) is 51.9 Å². The average Bonchev–Trinajstić information content (AvgIpc) is 3.24. The molecule has 0 atom stereocenters. The van der Waals surface area contributed by atoms with Crippen molar-refractivity contribution in [2.45, 2.75) is 5.60 Å². The molecule has 1 fully saturated rings. The molecular weight excluding hydrogens is 353 g/mol. The number of aliphatic hydroxyl groups is 1. The number of nitrogens with zero attached hydrogens (tertiary/aromatic N) is 1. The van der Waals surface area contributed by atoms with Crippen molar-refractivity contribution >= 4 is 10.9 Å². The predicted octanol–water partition coefficient (Wildman–Crippen LogP) is 2.54. The number of aromatic amines is 2. The number of benzene rings is 2. The minimum atomic E-state index is -0.965. The monoisotopic (exact) mass is 367 g/mol. The number of rotatable bonds is 3. The highest BCUT2D eigenvalue weighted by atomic mass is 19.1. The van der Waals surface area contributed by atoms with E-state index in [1.807, 2.05) is 0 Å². The van der Waals surface area contributed by atoms with E-state index in [0.29, 0.717) is 27.6 Å². The molecule has 1 aliphatic heterocycles. The van der Waals surface area contributed by atoms with Crippen LogP contribution in [0.25, 0.3) is 33.4 Å². The number of hydrogen-bond donors (Lipinski definition) is 3. The van der Waals surface area contributed by atoms with Crippen LogP contribution in [-0.2, 0) is 10.3 Å². The summed E-state index contributed by atoms with van der Waals surface area (Å²) in [6.45, 7) is 0.518. The van der Waals surface area contributed by atoms with Gasteiger partial charge in [0.1, 0.15) is 11.4 Å². The zero-order valence-electron chi connectivity index (χ0n) is 14.0. The van der Waals surface area contributed by atoms with Gasteiger partial charge in [-0.25, -0.2) is 9.18 Å². The third kappa shape index (κ3) is 2.49. The summed E-state index contributed by atoms with van der Waals surface area (Å²) in [7, 11) is 0. The van der Waals surface area contributed by atoms with E-state index in [-0.39, 0.29) is 24.9 Å². The number of nitrogens with one attached hydrogen (secondary N) is 2. The minimum absolute atomic E-state index is 0.259. The van der Waals surface area contributed by atoms with E-state index >= 15 is 0 Å². The summed E-state index contributed by atoms with van der Waals surface area (Å²) < 4.78 is 24.3. The van der Waals surface area contributed by atoms with Gasteiger partial charge in [0.2, 0.25) is 0 Å². The van der Waals surface area contributed by atoms with Gasteiger partial charge in [-0.05, 0) is 23.3 Å². The van der Waals surface area contributed by atoms with E-state index in [0.717, 1.165) is 5.56 Å². The second-order valence-electron chi connectivity index (χ2n) is 6.63. The molecule has 3 N–H and O–H groups in total. The van der Waals surface area contributed by atoms with Gasteiger partial charge in [0.25, 0.3) is 0 Å². The Morgan fingerprint density at radius 2 is 1.93 bits per heavy atom. The summed E-state index contributed by atoms with van der Waals surface area (Å²) in [5.41, 5.74) is 2.03. The Morgan fingerprint density at radius 1 is 1.15 bits per heavy atom. The maximum absolute atomic E-state index is 14.7. The van der Waals surface area contributed by atoms with E-state index in [1.54, 1.807) is 36.5 Å². The molecule has 5 rings (SSSR count). The standard InChI is InChI=1S/C19H14FN3O4/c20-15-6-16-13(14(7-21-16)17-22-18(24)27-23-17)5-12(15)10-1-3-11(4-2-10)19(25)8-26-9-19/h1-7,21,25H,8-9H2,(H,22,23,24). The minimum Gasteiger partial charge on any atom is -0.380 e. The van der Waals surface area contributed by atoms with Crippen LogP contribution in [0.5, 0.6) is 0 Å². The van der Waals surface area contributed by atoms with Crippen molar-refractivity contribution in [1.29, 1.82) is 0 Å². The van der Waals surface area contributed by atoms with E-state index in [9.17, 15) is 14.3 Å². The SMILES string of the molecule is O=c1[nH]c(-c2c[nH]c3cc(F)c(-c4ccc(C5(O)COC5)cc4)cc23)no1. The smallest absolute Gasteiger partial charge is 0.380 e. The summed E-state index contributed by atoms with van der Waals surface area (Å²) in [5.74, 6) is -0.774. The summed E-state index contributed by atoms with van der Waals surface area (Å²) in [6, 6.07) is 10.2. The van der Waals surface area contributed by atoms with Crippen LogP contribution < -0.4 is 5.76 Å². The van der Waals surface area contributed by atoms with Crippen molar-refractivity contribution in [2.75, 3.05) is 13.2 Å². The zero-order chi connectivity index (χ0) is 18.6. The van der Waals surface area contributed by atoms with Gasteiger partial charge in [-0.1, -0.05) is 29.4 Å². The Labute approximate surface area is 151 Å². The van der Waals surface area contributed by atoms with E-state index < -0.39 is 11.4 Å². The molecule has 27 heavy (non-hydrogen) atoms. The van der Waals surface area contributed by atoms with E-state index in [4.69, 9.17) is 4.74 Å². The number of aromatic nitrogens is 3. The Morgan fingerprint density at radius 3 is 2.56 bits per heavy atom. The highest BCUT2D eigenvalue weighted by Crippen LogP contribution is 2.34. The molecular formula is C19H14FN3O4. The highest BCUT2D eigenvalue weighted by Gasteiger charge is 2.37. The lowest BCUT2D eigenvalue weighted by molar-refractivity contribution is -0.184. The lowest BCUT2D eigenvalue weighted by Gasteiger charge is -2.36. The molecule has 0 unspecified atom stereocenters. The normalized spacial score (nSPS) is 15.8. The number of hydrogen-bond acceptors (Lipinski definition) is 5. The largest absolute Gasteiger partial charge is 0.439 e. The van der Waals surface area contributed by atoms with Crippen molar-refractivity contribution in [1.82, 2.24) is 15.1 Å². The summed E-state index contributed by atoms with van der Waals surface area (Å²) in [6.07, 6.45) is 1.64. The molecule has 0 aliphatic carbocycles. The van der Waals surface area contributed by atoms with Gasteiger partial charge in [0.05, 0.1) is 13.2 Å². The molecule has 2 aromatic carbocycles. The number of fused-ring (bicyclic) bond motifs is 1. The van der Waals surface area contributed by atoms with Crippen molar-refractivity contribution in [3.05, 3.63) is 64.5 Å². The van der Waals surface area contributed by atoms with Gasteiger partial charge in [-0.2, -0.15) is 0 Å². The van der Waals surface area contributed by atoms with Gasteiger partial charge in [0, 0.05) is 28.2 Å². The molecule has 3 heterocycles. The summed E-state index contributed by atoms with van der Waals surface area (Å²) in [4.78, 5) is 16.7. The van der Waals surface area contributed by atoms with Crippen LogP contribution in [0.2, 0.25) is 0 Å². The zero-order valence-corrected chi connectivity index (χ0v) is 14.0. The lowest BCUT2D eigenvalue weighted by atomic mass is 9.90. The molecule has 4 aromatic rings. The van der Waals surface area contributed by atoms with Crippen molar-refractivity contribution in [2.24, 2.45) is 0 Å². The van der Waals surface area contributed by atoms with Crippen LogP contribution in [0.3, 0.4) is 0 Å². The fourth-order valence-corrected chi connectivity index (χ4v) is 3.33. The first-order valence-electron chi connectivity index (χ1n) is 8.31. The fraction of sp³-hybridized carbons (Fsp3) is 0.158. The number of halogens is 1. The lowest BCUT2D eigenvalue weighted by Crippen LogP contribution is -2.46. The van der Waals surface area contributed by atoms with Crippen LogP contribution in [0.1, 0.15) is 5.56 Å². The fourth-order valence-electron chi connectivity index (χ4n) is 3.33. The van der Waals surface area contributed by atoms with Gasteiger partial charge in [-0.15, -0.1) is 0 Å². The molecule has 0 bridgehead atoms. The molecule has 7 nitrogen and oxygen atoms in total. The van der Waals surface area contributed by atoms with Gasteiger partial charge < -0.3 is 14.8 Å². The number of ether oxygens (including phenoxy) is 1. The molecule has 2 aromatic heterocycles. The molecule has 0 spiro atoms. The molecule has 1 saturated heterocycles. The highest BCUT2D eigenvalue weighted by molar-refractivity contribution is 5.96. The maximum atomic E-state index is 14.7. The first-order chi connectivity index (χ1) is 13.0. The Kier molecular flexibility index (Phi) is 3.33. The predicted molar refractivity (Wildman–Crippen MR) is 94.5 cm³/mol. The third-order valence-corrected chi connectivity index (χ3v) is 4.88. The molecule has 0 amide bonds. The first-order valence-corrected chi connectivity index (χ1v) is 8.31. The molecule has 0 saturated carbocycles. The summed E-state index contributed by atoms with van der Waals surface area (Å²) in [5, 5.41) is 14.7. The molecule has 1 aliphatic rings. The average molecular weight is 367 g/mol. The molecule has 0 radical (unpaired) electrons. The van der Waals surface area contributed by atoms with Gasteiger partial charge in [0.15, 0.2) is 5.82 Å². The van der Waals surface area contributed by atoms with Crippen LogP contribution in [0.4, 0.5) is 4.39 Å². The topological polar surface area (TPSA) is 104 Å². The van der Waals surface area contributed by atoms with Crippen LogP contribution >= 0.6 is 0 Å². The Bertz CT molecular complexity index is 1200. The first kappa shape index (κ1) is 16.0. The van der Waals surface area contributed by atoms with Crippen LogP contribution in [0, 0.1) is 5.82 Å². The van der Waals surface area contributed by atoms with Crippen molar-refractivity contribution < 1.29 is 18.8 Å². The second-order valence-corrected chi connectivity index (χ2v) is 6.63. The van der Waals surface area contributed by atoms with E-state index in [1.165, 1.54) is 6.07 Å².